The van der Waals surface area contributed by atoms with Crippen LogP contribution in [-0.4, -0.2) is 28.9 Å². The van der Waals surface area contributed by atoms with Crippen molar-refractivity contribution in [1.29, 1.82) is 0 Å². The van der Waals surface area contributed by atoms with Gasteiger partial charge in [0.15, 0.2) is 0 Å². The maximum absolute atomic E-state index is 12.4. The van der Waals surface area contributed by atoms with Crippen molar-refractivity contribution in [3.8, 4) is 11.1 Å². The minimum Gasteiger partial charge on any atom is -0.478 e. The van der Waals surface area contributed by atoms with E-state index in [0.717, 1.165) is 22.4 Å². The summed E-state index contributed by atoms with van der Waals surface area (Å²) in [6, 6.07) is 12.3. The predicted octanol–water partition coefficient (Wildman–Crippen LogP) is 4.01. The van der Waals surface area contributed by atoms with Gasteiger partial charge in [0.1, 0.15) is 0 Å². The fourth-order valence-electron chi connectivity index (χ4n) is 3.80. The van der Waals surface area contributed by atoms with Gasteiger partial charge in [-0.25, -0.2) is 4.79 Å². The van der Waals surface area contributed by atoms with Gasteiger partial charge in [-0.15, -0.1) is 0 Å². The van der Waals surface area contributed by atoms with E-state index >= 15 is 0 Å². The molecular weight excluding hydrogens is 368 g/mol. The van der Waals surface area contributed by atoms with Crippen LogP contribution in [0.25, 0.3) is 11.1 Å². The number of carboxylic acids is 1. The van der Waals surface area contributed by atoms with Gasteiger partial charge in [0, 0.05) is 24.6 Å². The van der Waals surface area contributed by atoms with E-state index in [1.54, 1.807) is 36.1 Å². The lowest BCUT2D eigenvalue weighted by molar-refractivity contribution is -0.124. The summed E-state index contributed by atoms with van der Waals surface area (Å²) in [6.07, 6.45) is 0.631. The third-order valence-electron chi connectivity index (χ3n) is 5.33. The Morgan fingerprint density at radius 1 is 1.07 bits per heavy atom. The molecule has 0 aliphatic carbocycles. The first-order chi connectivity index (χ1) is 13.7. The normalized spacial score (nSPS) is 18.3. The van der Waals surface area contributed by atoms with E-state index in [2.05, 4.69) is 5.32 Å². The summed E-state index contributed by atoms with van der Waals surface area (Å²) in [5, 5.41) is 12.2. The van der Waals surface area contributed by atoms with Gasteiger partial charge in [-0.2, -0.15) is 0 Å². The van der Waals surface area contributed by atoms with Gasteiger partial charge in [-0.3, -0.25) is 9.59 Å². The van der Waals surface area contributed by atoms with Crippen LogP contribution in [0.3, 0.4) is 0 Å². The maximum atomic E-state index is 12.4. The molecule has 2 aromatic carbocycles. The van der Waals surface area contributed by atoms with Crippen LogP contribution in [-0.2, 0) is 9.59 Å². The van der Waals surface area contributed by atoms with Crippen molar-refractivity contribution in [2.24, 2.45) is 5.92 Å². The van der Waals surface area contributed by atoms with Crippen molar-refractivity contribution < 1.29 is 19.5 Å². The molecule has 6 heteroatoms. The van der Waals surface area contributed by atoms with E-state index in [4.69, 9.17) is 5.11 Å². The zero-order valence-electron chi connectivity index (χ0n) is 17.1. The summed E-state index contributed by atoms with van der Waals surface area (Å²) in [5.41, 5.74) is 3.70. The van der Waals surface area contributed by atoms with E-state index in [9.17, 15) is 14.4 Å². The Hall–Kier alpha value is -3.15. The monoisotopic (exact) mass is 394 g/mol. The molecule has 29 heavy (non-hydrogen) atoms. The number of rotatable bonds is 4. The molecule has 0 aromatic heterocycles. The molecule has 0 spiro atoms. The van der Waals surface area contributed by atoms with Crippen LogP contribution in [0.2, 0.25) is 0 Å². The quantitative estimate of drug-likeness (QED) is 0.820. The molecule has 0 saturated heterocycles. The lowest BCUT2D eigenvalue weighted by Crippen LogP contribution is -2.46. The average Bonchev–Trinajstić information content (AvgIpc) is 2.67. The smallest absolute Gasteiger partial charge is 0.335 e. The van der Waals surface area contributed by atoms with Gasteiger partial charge in [0.2, 0.25) is 11.8 Å². The number of nitrogens with one attached hydrogen (secondary N) is 1. The summed E-state index contributed by atoms with van der Waals surface area (Å²) in [7, 11) is 0. The Kier molecular flexibility index (Phi) is 5.73. The standard InChI is InChI=1S/C23H26N2O4/c1-13(2)22(27)24-20-11-14(3)25(15(4)26)21-10-9-18(12-19(20)21)16-5-7-17(8-6-16)23(28)29/h5-10,12-14,20H,11H2,1-4H3,(H,24,27)(H,28,29)/t14-,20+/m0/s1. The molecule has 0 unspecified atom stereocenters. The first-order valence-electron chi connectivity index (χ1n) is 9.77. The number of hydrogen-bond donors (Lipinski definition) is 2. The van der Waals surface area contributed by atoms with Crippen LogP contribution in [0.1, 0.15) is 56.1 Å². The van der Waals surface area contributed by atoms with Gasteiger partial charge >= 0.3 is 5.97 Å². The summed E-state index contributed by atoms with van der Waals surface area (Å²) in [5.74, 6) is -1.16. The van der Waals surface area contributed by atoms with E-state index in [0.29, 0.717) is 6.42 Å². The number of fused-ring (bicyclic) bond motifs is 1. The van der Waals surface area contributed by atoms with Crippen LogP contribution >= 0.6 is 0 Å². The third-order valence-corrected chi connectivity index (χ3v) is 5.33. The molecule has 0 saturated carbocycles. The number of carbonyl (C=O) groups excluding carboxylic acids is 2. The lowest BCUT2D eigenvalue weighted by atomic mass is 9.88. The Labute approximate surface area is 170 Å². The molecule has 152 valence electrons. The molecule has 3 rings (SSSR count). The zero-order valence-corrected chi connectivity index (χ0v) is 17.1. The predicted molar refractivity (Wildman–Crippen MR) is 112 cm³/mol. The zero-order chi connectivity index (χ0) is 21.3. The van der Waals surface area contributed by atoms with E-state index < -0.39 is 5.97 Å². The number of nitrogens with zero attached hydrogens (tertiary/aromatic N) is 1. The third kappa shape index (κ3) is 4.16. The SMILES string of the molecule is CC(=O)N1c2ccc(-c3ccc(C(=O)O)cc3)cc2[C@H](NC(=O)C(C)C)C[C@@H]1C. The second-order valence-corrected chi connectivity index (χ2v) is 7.85. The highest BCUT2D eigenvalue weighted by Crippen LogP contribution is 2.39. The van der Waals surface area contributed by atoms with Crippen LogP contribution in [0.5, 0.6) is 0 Å². The Bertz CT molecular complexity index is 950. The molecule has 1 aliphatic heterocycles. The number of carbonyl (C=O) groups is 3. The van der Waals surface area contributed by atoms with Crippen molar-refractivity contribution in [2.45, 2.75) is 46.2 Å². The van der Waals surface area contributed by atoms with Crippen LogP contribution in [0.15, 0.2) is 42.5 Å². The van der Waals surface area contributed by atoms with Crippen molar-refractivity contribution in [3.63, 3.8) is 0 Å². The molecule has 2 amide bonds. The van der Waals surface area contributed by atoms with Gasteiger partial charge in [-0.05, 0) is 54.3 Å². The molecular formula is C23H26N2O4. The molecule has 2 aromatic rings. The second-order valence-electron chi connectivity index (χ2n) is 7.85. The minimum atomic E-state index is -0.968. The molecule has 0 fully saturated rings. The summed E-state index contributed by atoms with van der Waals surface area (Å²) < 4.78 is 0. The fourth-order valence-corrected chi connectivity index (χ4v) is 3.80. The van der Waals surface area contributed by atoms with Crippen LogP contribution in [0.4, 0.5) is 5.69 Å². The van der Waals surface area contributed by atoms with Gasteiger partial charge in [0.25, 0.3) is 0 Å². The molecule has 2 N–H and O–H groups in total. The fraction of sp³-hybridized carbons (Fsp3) is 0.348. The summed E-state index contributed by atoms with van der Waals surface area (Å²) >= 11 is 0. The van der Waals surface area contributed by atoms with Gasteiger partial charge in [-0.1, -0.05) is 32.0 Å². The summed E-state index contributed by atoms with van der Waals surface area (Å²) in [4.78, 5) is 37.5. The highest BCUT2D eigenvalue weighted by Gasteiger charge is 2.33. The number of carboxylic acid groups (broad SMARTS) is 1. The largest absolute Gasteiger partial charge is 0.478 e. The van der Waals surface area contributed by atoms with Crippen molar-refractivity contribution in [1.82, 2.24) is 5.32 Å². The van der Waals surface area contributed by atoms with Crippen molar-refractivity contribution in [2.75, 3.05) is 4.90 Å². The minimum absolute atomic E-state index is 0.0272. The maximum Gasteiger partial charge on any atom is 0.335 e. The topological polar surface area (TPSA) is 86.7 Å². The molecule has 6 nitrogen and oxygen atoms in total. The molecule has 1 heterocycles. The highest BCUT2D eigenvalue weighted by atomic mass is 16.4. The average molecular weight is 394 g/mol. The Morgan fingerprint density at radius 2 is 1.69 bits per heavy atom. The number of anilines is 1. The first-order valence-corrected chi connectivity index (χ1v) is 9.77. The highest BCUT2D eigenvalue weighted by molar-refractivity contribution is 5.94. The van der Waals surface area contributed by atoms with E-state index in [1.807, 2.05) is 39.0 Å². The Balaban J connectivity index is 2.05. The van der Waals surface area contributed by atoms with Crippen LogP contribution < -0.4 is 10.2 Å². The lowest BCUT2D eigenvalue weighted by Gasteiger charge is -2.39. The number of hydrogen-bond acceptors (Lipinski definition) is 3. The first kappa shape index (κ1) is 20.6. The van der Waals surface area contributed by atoms with Crippen molar-refractivity contribution in [3.05, 3.63) is 53.6 Å². The molecule has 0 bridgehead atoms. The molecule has 2 atom stereocenters. The molecule has 1 aliphatic rings. The number of amides is 2. The number of benzene rings is 2. The molecule has 0 radical (unpaired) electrons. The van der Waals surface area contributed by atoms with Crippen LogP contribution in [0, 0.1) is 5.92 Å². The van der Waals surface area contributed by atoms with E-state index in [-0.39, 0.29) is 35.4 Å². The second kappa shape index (κ2) is 8.07. The summed E-state index contributed by atoms with van der Waals surface area (Å²) in [6.45, 7) is 7.23. The number of aromatic carboxylic acids is 1. The van der Waals surface area contributed by atoms with Gasteiger partial charge < -0.3 is 15.3 Å². The van der Waals surface area contributed by atoms with Gasteiger partial charge in [0.05, 0.1) is 11.6 Å². The van der Waals surface area contributed by atoms with E-state index in [1.165, 1.54) is 0 Å². The van der Waals surface area contributed by atoms with Crippen molar-refractivity contribution >= 4 is 23.5 Å². The Morgan fingerprint density at radius 3 is 2.24 bits per heavy atom.